The molecular weight excluding hydrogens is 419 g/mol. The lowest BCUT2D eigenvalue weighted by Gasteiger charge is -2.33. The van der Waals surface area contributed by atoms with Gasteiger partial charge in [0.1, 0.15) is 0 Å². The van der Waals surface area contributed by atoms with Crippen LogP contribution in [0.25, 0.3) is 0 Å². The Labute approximate surface area is 179 Å². The third kappa shape index (κ3) is 5.19. The van der Waals surface area contributed by atoms with Crippen molar-refractivity contribution in [2.45, 2.75) is 29.7 Å². The summed E-state index contributed by atoms with van der Waals surface area (Å²) in [5.74, 6) is 0.322. The molecule has 3 rings (SSSR count). The molecule has 0 bridgehead atoms. The Bertz CT molecular complexity index is 809. The lowest BCUT2D eigenvalue weighted by atomic mass is 9.96. The fraction of sp³-hybridized carbons (Fsp3) is 0.400. The van der Waals surface area contributed by atoms with E-state index in [1.165, 1.54) is 18.9 Å². The number of benzene rings is 1. The number of hydrogen-bond acceptors (Lipinski definition) is 6. The van der Waals surface area contributed by atoms with Crippen LogP contribution in [0.4, 0.5) is 0 Å². The molecule has 1 unspecified atom stereocenters. The van der Waals surface area contributed by atoms with Gasteiger partial charge in [0.05, 0.1) is 34.5 Å². The summed E-state index contributed by atoms with van der Waals surface area (Å²) < 4.78 is 4.81. The molecule has 1 fully saturated rings. The van der Waals surface area contributed by atoms with Gasteiger partial charge in [0.25, 0.3) is 0 Å². The number of methoxy groups -OCH3 is 1. The summed E-state index contributed by atoms with van der Waals surface area (Å²) in [6.07, 6.45) is 0.543. The maximum absolute atomic E-state index is 11.7. The summed E-state index contributed by atoms with van der Waals surface area (Å²) in [7, 11) is 1.41. The zero-order valence-corrected chi connectivity index (χ0v) is 17.8. The average Bonchev–Trinajstić information content (AvgIpc) is 2.72. The average molecular weight is 441 g/mol. The van der Waals surface area contributed by atoms with Gasteiger partial charge in [-0.25, -0.2) is 0 Å². The van der Waals surface area contributed by atoms with E-state index in [1.807, 2.05) is 29.2 Å². The molecule has 0 spiro atoms. The van der Waals surface area contributed by atoms with E-state index in [2.05, 4.69) is 4.98 Å². The number of halogens is 2. The Kier molecular flexibility index (Phi) is 7.60. The van der Waals surface area contributed by atoms with Crippen LogP contribution in [0, 0.1) is 5.92 Å². The highest BCUT2D eigenvalue weighted by Crippen LogP contribution is 2.35. The molecule has 150 valence electrons. The van der Waals surface area contributed by atoms with Gasteiger partial charge in [0.2, 0.25) is 0 Å². The SMILES string of the molecule is COC(=O)C1CCN(C(O)c2cccc(CSc3c(Cl)cccc3Cl)n2)CC1. The first-order valence-corrected chi connectivity index (χ1v) is 10.8. The van der Waals surface area contributed by atoms with Crippen LogP contribution >= 0.6 is 35.0 Å². The van der Waals surface area contributed by atoms with Gasteiger partial charge >= 0.3 is 5.97 Å². The third-order valence-electron chi connectivity index (χ3n) is 4.79. The molecule has 0 amide bonds. The summed E-state index contributed by atoms with van der Waals surface area (Å²) in [5.41, 5.74) is 1.43. The van der Waals surface area contributed by atoms with Crippen molar-refractivity contribution in [2.75, 3.05) is 20.2 Å². The highest BCUT2D eigenvalue weighted by Gasteiger charge is 2.29. The van der Waals surface area contributed by atoms with Crippen molar-refractivity contribution in [1.29, 1.82) is 0 Å². The fourth-order valence-electron chi connectivity index (χ4n) is 3.22. The molecule has 28 heavy (non-hydrogen) atoms. The molecule has 0 saturated carbocycles. The quantitative estimate of drug-likeness (QED) is 0.524. The lowest BCUT2D eigenvalue weighted by molar-refractivity contribution is -0.148. The van der Waals surface area contributed by atoms with Gasteiger partial charge in [-0.2, -0.15) is 0 Å². The number of hydrogen-bond donors (Lipinski definition) is 1. The van der Waals surface area contributed by atoms with E-state index in [4.69, 9.17) is 27.9 Å². The molecule has 1 aliphatic rings. The summed E-state index contributed by atoms with van der Waals surface area (Å²) in [4.78, 5) is 19.0. The summed E-state index contributed by atoms with van der Waals surface area (Å²) in [5, 5.41) is 11.9. The van der Waals surface area contributed by atoms with E-state index in [0.29, 0.717) is 47.4 Å². The van der Waals surface area contributed by atoms with Crippen molar-refractivity contribution in [1.82, 2.24) is 9.88 Å². The summed E-state index contributed by atoms with van der Waals surface area (Å²) >= 11 is 14.0. The Balaban J connectivity index is 1.62. The normalized spacial score (nSPS) is 16.7. The Morgan fingerprint density at radius 2 is 1.89 bits per heavy atom. The van der Waals surface area contributed by atoms with Crippen molar-refractivity contribution in [3.05, 3.63) is 57.8 Å². The second kappa shape index (κ2) is 9.94. The molecule has 2 aromatic rings. The molecular formula is C20H22Cl2N2O3S. The Morgan fingerprint density at radius 1 is 1.25 bits per heavy atom. The minimum absolute atomic E-state index is 0.0930. The molecule has 0 aliphatic carbocycles. The van der Waals surface area contributed by atoms with E-state index in [9.17, 15) is 9.90 Å². The number of aromatic nitrogens is 1. The molecule has 1 aromatic heterocycles. The molecule has 1 aliphatic heterocycles. The van der Waals surface area contributed by atoms with Crippen LogP contribution < -0.4 is 0 Å². The number of aliphatic hydroxyl groups is 1. The van der Waals surface area contributed by atoms with Crippen LogP contribution in [0.15, 0.2) is 41.3 Å². The van der Waals surface area contributed by atoms with Gasteiger partial charge in [-0.3, -0.25) is 14.7 Å². The molecule has 1 aromatic carbocycles. The van der Waals surface area contributed by atoms with Gasteiger partial charge in [-0.1, -0.05) is 35.3 Å². The standard InChI is InChI=1S/C20H22Cl2N2O3S/c1-27-20(26)13-8-10-24(11-9-13)19(25)17-7-2-4-14(23-17)12-28-18-15(21)5-3-6-16(18)22/h2-7,13,19,25H,8-12H2,1H3. The number of piperidine rings is 1. The van der Waals surface area contributed by atoms with E-state index in [0.717, 1.165) is 10.6 Å². The molecule has 1 N–H and O–H groups in total. The van der Waals surface area contributed by atoms with Crippen LogP contribution in [0.1, 0.15) is 30.5 Å². The third-order valence-corrected chi connectivity index (χ3v) is 6.81. The number of carbonyl (C=O) groups is 1. The zero-order valence-electron chi connectivity index (χ0n) is 15.5. The molecule has 8 heteroatoms. The van der Waals surface area contributed by atoms with Crippen LogP contribution in [0.3, 0.4) is 0 Å². The Morgan fingerprint density at radius 3 is 2.54 bits per heavy atom. The Hall–Kier alpha value is -1.31. The smallest absolute Gasteiger partial charge is 0.308 e. The maximum atomic E-state index is 11.7. The fourth-order valence-corrected chi connectivity index (χ4v) is 4.81. The van der Waals surface area contributed by atoms with Crippen LogP contribution in [-0.4, -0.2) is 41.2 Å². The van der Waals surface area contributed by atoms with Crippen molar-refractivity contribution in [2.24, 2.45) is 5.92 Å². The summed E-state index contributed by atoms with van der Waals surface area (Å²) in [6.45, 7) is 1.24. The monoisotopic (exact) mass is 440 g/mol. The number of carbonyl (C=O) groups excluding carboxylic acids is 1. The van der Waals surface area contributed by atoms with Gasteiger partial charge in [0, 0.05) is 23.7 Å². The minimum Gasteiger partial charge on any atom is -0.469 e. The number of rotatable bonds is 6. The van der Waals surface area contributed by atoms with E-state index >= 15 is 0 Å². The van der Waals surface area contributed by atoms with Crippen molar-refractivity contribution in [3.63, 3.8) is 0 Å². The van der Waals surface area contributed by atoms with E-state index in [1.54, 1.807) is 12.1 Å². The van der Waals surface area contributed by atoms with Crippen molar-refractivity contribution < 1.29 is 14.6 Å². The number of likely N-dealkylation sites (tertiary alicyclic amines) is 1. The lowest BCUT2D eigenvalue weighted by Crippen LogP contribution is -2.39. The first-order chi connectivity index (χ1) is 13.5. The van der Waals surface area contributed by atoms with E-state index in [-0.39, 0.29) is 11.9 Å². The molecule has 0 radical (unpaired) electrons. The number of esters is 1. The topological polar surface area (TPSA) is 62.7 Å². The molecule has 2 heterocycles. The van der Waals surface area contributed by atoms with Gasteiger partial charge in [-0.05, 0) is 37.1 Å². The number of nitrogens with zero attached hydrogens (tertiary/aromatic N) is 2. The molecule has 5 nitrogen and oxygen atoms in total. The first-order valence-electron chi connectivity index (χ1n) is 9.02. The van der Waals surface area contributed by atoms with Gasteiger partial charge < -0.3 is 9.84 Å². The van der Waals surface area contributed by atoms with Gasteiger partial charge in [-0.15, -0.1) is 11.8 Å². The van der Waals surface area contributed by atoms with Crippen LogP contribution in [-0.2, 0) is 15.3 Å². The predicted octanol–water partition coefficient (Wildman–Crippen LogP) is 4.56. The van der Waals surface area contributed by atoms with Crippen LogP contribution in [0.2, 0.25) is 10.0 Å². The maximum Gasteiger partial charge on any atom is 0.308 e. The highest BCUT2D eigenvalue weighted by molar-refractivity contribution is 7.98. The first kappa shape index (κ1) is 21.4. The number of pyridine rings is 1. The highest BCUT2D eigenvalue weighted by atomic mass is 35.5. The molecule has 1 saturated heterocycles. The van der Waals surface area contributed by atoms with E-state index < -0.39 is 6.23 Å². The number of aliphatic hydroxyl groups excluding tert-OH is 1. The second-order valence-corrected chi connectivity index (χ2v) is 8.40. The van der Waals surface area contributed by atoms with Gasteiger partial charge in [0.15, 0.2) is 6.23 Å². The number of thioether (sulfide) groups is 1. The van der Waals surface area contributed by atoms with Crippen molar-refractivity contribution in [3.8, 4) is 0 Å². The van der Waals surface area contributed by atoms with Crippen molar-refractivity contribution >= 4 is 40.9 Å². The summed E-state index contributed by atoms with van der Waals surface area (Å²) in [6, 6.07) is 11.0. The van der Waals surface area contributed by atoms with Crippen LogP contribution in [0.5, 0.6) is 0 Å². The minimum atomic E-state index is -0.799. The number of ether oxygens (including phenoxy) is 1. The second-order valence-electron chi connectivity index (χ2n) is 6.60. The largest absolute Gasteiger partial charge is 0.469 e. The predicted molar refractivity (Wildman–Crippen MR) is 112 cm³/mol. The zero-order chi connectivity index (χ0) is 20.1. The molecule has 1 atom stereocenters.